The molecule has 1 aromatic rings. The Bertz CT molecular complexity index is 275. The Morgan fingerprint density at radius 1 is 1.29 bits per heavy atom. The molecule has 2 rings (SSSR count). The summed E-state index contributed by atoms with van der Waals surface area (Å²) in [6.07, 6.45) is 9.03. The van der Waals surface area contributed by atoms with Crippen molar-refractivity contribution in [2.75, 3.05) is 0 Å². The van der Waals surface area contributed by atoms with Gasteiger partial charge in [0.25, 0.3) is 0 Å². The summed E-state index contributed by atoms with van der Waals surface area (Å²) in [5.41, 5.74) is 0.733. The fourth-order valence-corrected chi connectivity index (χ4v) is 2.27. The molecule has 0 aromatic carbocycles. The second kappa shape index (κ2) is 4.60. The van der Waals surface area contributed by atoms with Crippen LogP contribution < -0.4 is 0 Å². The second-order valence-electron chi connectivity index (χ2n) is 4.01. The van der Waals surface area contributed by atoms with Crippen LogP contribution in [-0.4, -0.2) is 10.1 Å². The Balaban J connectivity index is 2.11. The van der Waals surface area contributed by atoms with Gasteiger partial charge in [0.05, 0.1) is 6.61 Å². The maximum atomic E-state index is 9.09. The van der Waals surface area contributed by atoms with Crippen molar-refractivity contribution in [2.24, 2.45) is 0 Å². The van der Waals surface area contributed by atoms with E-state index in [0.717, 1.165) is 11.5 Å². The van der Waals surface area contributed by atoms with E-state index in [-0.39, 0.29) is 6.61 Å². The fourth-order valence-electron chi connectivity index (χ4n) is 2.27. The topological polar surface area (TPSA) is 46.3 Å². The van der Waals surface area contributed by atoms with Crippen molar-refractivity contribution in [1.82, 2.24) is 4.98 Å². The third kappa shape index (κ3) is 1.98. The molecule has 0 radical (unpaired) electrons. The average molecular weight is 195 g/mol. The van der Waals surface area contributed by atoms with Crippen LogP contribution >= 0.6 is 0 Å². The summed E-state index contributed by atoms with van der Waals surface area (Å²) >= 11 is 0. The van der Waals surface area contributed by atoms with E-state index in [4.69, 9.17) is 9.52 Å². The summed E-state index contributed by atoms with van der Waals surface area (Å²) in [5.74, 6) is 1.41. The molecule has 1 saturated carbocycles. The number of oxazole rings is 1. The summed E-state index contributed by atoms with van der Waals surface area (Å²) in [6.45, 7) is 0.00231. The average Bonchev–Trinajstić information content (AvgIpc) is 2.52. The minimum atomic E-state index is 0.00231. The minimum absolute atomic E-state index is 0.00231. The Morgan fingerprint density at radius 3 is 2.64 bits per heavy atom. The van der Waals surface area contributed by atoms with E-state index in [1.165, 1.54) is 44.9 Å². The molecule has 0 unspecified atom stereocenters. The van der Waals surface area contributed by atoms with Crippen molar-refractivity contribution in [3.05, 3.63) is 17.8 Å². The molecule has 1 aliphatic carbocycles. The Kier molecular flexibility index (Phi) is 3.19. The Labute approximate surface area is 84.2 Å². The molecular weight excluding hydrogens is 178 g/mol. The van der Waals surface area contributed by atoms with Gasteiger partial charge in [0.1, 0.15) is 11.5 Å². The number of hydrogen-bond acceptors (Lipinski definition) is 3. The predicted molar refractivity (Wildman–Crippen MR) is 52.9 cm³/mol. The number of aromatic nitrogens is 1. The molecule has 78 valence electrons. The smallest absolute Gasteiger partial charge is 0.181 e. The van der Waals surface area contributed by atoms with Crippen molar-refractivity contribution < 1.29 is 9.52 Å². The van der Waals surface area contributed by atoms with E-state index < -0.39 is 0 Å². The third-order valence-electron chi connectivity index (χ3n) is 3.05. The molecule has 1 N–H and O–H groups in total. The first-order chi connectivity index (χ1) is 6.92. The summed E-state index contributed by atoms with van der Waals surface area (Å²) in [7, 11) is 0. The Hall–Kier alpha value is -0.830. The van der Waals surface area contributed by atoms with Crippen LogP contribution in [0.4, 0.5) is 0 Å². The van der Waals surface area contributed by atoms with Crippen LogP contribution in [0.1, 0.15) is 55.9 Å². The normalized spacial score (nSPS) is 19.5. The number of rotatable bonds is 2. The molecule has 3 heteroatoms. The van der Waals surface area contributed by atoms with Crippen molar-refractivity contribution in [3.8, 4) is 0 Å². The van der Waals surface area contributed by atoms with Gasteiger partial charge in [-0.15, -0.1) is 0 Å². The summed E-state index contributed by atoms with van der Waals surface area (Å²) in [4.78, 5) is 4.02. The lowest BCUT2D eigenvalue weighted by Gasteiger charge is -2.11. The van der Waals surface area contributed by atoms with Crippen LogP contribution in [-0.2, 0) is 6.61 Å². The molecule has 0 spiro atoms. The van der Waals surface area contributed by atoms with Gasteiger partial charge >= 0.3 is 0 Å². The Morgan fingerprint density at radius 2 is 2.00 bits per heavy atom. The fraction of sp³-hybridized carbons (Fsp3) is 0.727. The van der Waals surface area contributed by atoms with E-state index in [9.17, 15) is 0 Å². The molecule has 1 heterocycles. The summed E-state index contributed by atoms with van der Waals surface area (Å²) < 4.78 is 5.38. The largest absolute Gasteiger partial charge is 0.448 e. The number of nitrogens with zero attached hydrogens (tertiary/aromatic N) is 1. The predicted octanol–water partition coefficient (Wildman–Crippen LogP) is 2.60. The molecule has 0 atom stereocenters. The molecule has 0 bridgehead atoms. The maximum Gasteiger partial charge on any atom is 0.181 e. The van der Waals surface area contributed by atoms with E-state index in [1.54, 1.807) is 0 Å². The lowest BCUT2D eigenvalue weighted by molar-refractivity contribution is 0.271. The standard InChI is InChI=1S/C11H17NO2/c13-7-10-11(14-8-12-10)9-5-3-1-2-4-6-9/h8-9,13H,1-7H2. The zero-order valence-corrected chi connectivity index (χ0v) is 8.41. The quantitative estimate of drug-likeness (QED) is 0.738. The van der Waals surface area contributed by atoms with E-state index in [1.807, 2.05) is 0 Å². The highest BCUT2D eigenvalue weighted by Crippen LogP contribution is 2.33. The van der Waals surface area contributed by atoms with Gasteiger partial charge in [-0.25, -0.2) is 4.98 Å². The van der Waals surface area contributed by atoms with E-state index in [0.29, 0.717) is 5.92 Å². The van der Waals surface area contributed by atoms with E-state index >= 15 is 0 Å². The van der Waals surface area contributed by atoms with Crippen LogP contribution in [0.25, 0.3) is 0 Å². The summed E-state index contributed by atoms with van der Waals surface area (Å²) in [6, 6.07) is 0. The van der Waals surface area contributed by atoms with E-state index in [2.05, 4.69) is 4.98 Å². The number of hydrogen-bond donors (Lipinski definition) is 1. The van der Waals surface area contributed by atoms with Gasteiger partial charge < -0.3 is 9.52 Å². The van der Waals surface area contributed by atoms with Crippen molar-refractivity contribution >= 4 is 0 Å². The lowest BCUT2D eigenvalue weighted by Crippen LogP contribution is -2.00. The highest BCUT2D eigenvalue weighted by molar-refractivity contribution is 5.11. The molecule has 1 aromatic heterocycles. The maximum absolute atomic E-state index is 9.09. The van der Waals surface area contributed by atoms with Gasteiger partial charge in [-0.1, -0.05) is 25.7 Å². The number of aliphatic hydroxyl groups is 1. The van der Waals surface area contributed by atoms with Crippen molar-refractivity contribution in [1.29, 1.82) is 0 Å². The first-order valence-electron chi connectivity index (χ1n) is 5.45. The van der Waals surface area contributed by atoms with Crippen molar-refractivity contribution in [2.45, 2.75) is 51.0 Å². The first-order valence-corrected chi connectivity index (χ1v) is 5.45. The van der Waals surface area contributed by atoms with Gasteiger partial charge in [0.2, 0.25) is 0 Å². The van der Waals surface area contributed by atoms with Gasteiger partial charge in [-0.2, -0.15) is 0 Å². The van der Waals surface area contributed by atoms with Gasteiger partial charge in [-0.3, -0.25) is 0 Å². The highest BCUT2D eigenvalue weighted by Gasteiger charge is 2.20. The molecule has 3 nitrogen and oxygen atoms in total. The molecule has 1 aliphatic rings. The first kappa shape index (κ1) is 9.71. The molecular formula is C11H17NO2. The number of aliphatic hydroxyl groups excluding tert-OH is 1. The molecule has 1 fully saturated rings. The molecule has 0 aliphatic heterocycles. The molecule has 0 saturated heterocycles. The van der Waals surface area contributed by atoms with Gasteiger partial charge in [0.15, 0.2) is 6.39 Å². The van der Waals surface area contributed by atoms with Gasteiger partial charge in [-0.05, 0) is 12.8 Å². The molecule has 14 heavy (non-hydrogen) atoms. The van der Waals surface area contributed by atoms with Gasteiger partial charge in [0, 0.05) is 5.92 Å². The highest BCUT2D eigenvalue weighted by atomic mass is 16.3. The van der Waals surface area contributed by atoms with Crippen molar-refractivity contribution in [3.63, 3.8) is 0 Å². The van der Waals surface area contributed by atoms with Crippen LogP contribution in [0.15, 0.2) is 10.8 Å². The zero-order chi connectivity index (χ0) is 9.80. The monoisotopic (exact) mass is 195 g/mol. The van der Waals surface area contributed by atoms with Crippen LogP contribution in [0.2, 0.25) is 0 Å². The minimum Gasteiger partial charge on any atom is -0.448 e. The summed E-state index contributed by atoms with van der Waals surface area (Å²) in [5, 5.41) is 9.09. The van der Waals surface area contributed by atoms with Crippen LogP contribution in [0, 0.1) is 0 Å². The lowest BCUT2D eigenvalue weighted by atomic mass is 9.96. The third-order valence-corrected chi connectivity index (χ3v) is 3.05. The molecule has 0 amide bonds. The SMILES string of the molecule is OCc1ncoc1C1CCCCCC1. The van der Waals surface area contributed by atoms with Crippen LogP contribution in [0.3, 0.4) is 0 Å². The zero-order valence-electron chi connectivity index (χ0n) is 8.41. The van der Waals surface area contributed by atoms with Crippen LogP contribution in [0.5, 0.6) is 0 Å². The second-order valence-corrected chi connectivity index (χ2v) is 4.01.